The van der Waals surface area contributed by atoms with Gasteiger partial charge in [0.2, 0.25) is 0 Å². The van der Waals surface area contributed by atoms with Gasteiger partial charge in [-0.1, -0.05) is 11.6 Å². The molecule has 4 nitrogen and oxygen atoms in total. The average molecular weight is 263 g/mol. The average Bonchev–Trinajstić information content (AvgIpc) is 2.36. The van der Waals surface area contributed by atoms with Gasteiger partial charge in [-0.15, -0.1) is 0 Å². The number of nitrogens with two attached hydrogens (primary N) is 1. The van der Waals surface area contributed by atoms with Gasteiger partial charge in [-0.2, -0.15) is 5.26 Å². The number of anilines is 3. The first kappa shape index (κ1) is 12.1. The van der Waals surface area contributed by atoms with Gasteiger partial charge in [-0.25, -0.2) is 9.37 Å². The summed E-state index contributed by atoms with van der Waals surface area (Å²) in [5.74, 6) is -0.164. The Balaban J connectivity index is 2.34. The summed E-state index contributed by atoms with van der Waals surface area (Å²) < 4.78 is 13.0. The molecule has 0 spiro atoms. The topological polar surface area (TPSA) is 74.7 Å². The molecule has 0 aliphatic carbocycles. The number of aromatic nitrogens is 1. The van der Waals surface area contributed by atoms with Crippen molar-refractivity contribution in [2.75, 3.05) is 11.1 Å². The van der Waals surface area contributed by atoms with Gasteiger partial charge in [0.25, 0.3) is 0 Å². The lowest BCUT2D eigenvalue weighted by Crippen LogP contribution is -1.99. The number of nitrogens with zero attached hydrogens (tertiary/aromatic N) is 2. The molecular weight excluding hydrogens is 255 g/mol. The Morgan fingerprint density at radius 2 is 2.17 bits per heavy atom. The van der Waals surface area contributed by atoms with E-state index in [1.165, 1.54) is 30.5 Å². The molecule has 0 atom stereocenters. The van der Waals surface area contributed by atoms with Crippen molar-refractivity contribution in [3.8, 4) is 6.07 Å². The highest BCUT2D eigenvalue weighted by molar-refractivity contribution is 6.31. The van der Waals surface area contributed by atoms with E-state index in [9.17, 15) is 4.39 Å². The van der Waals surface area contributed by atoms with Crippen LogP contribution in [0, 0.1) is 17.1 Å². The fourth-order valence-electron chi connectivity index (χ4n) is 1.38. The molecule has 0 unspecified atom stereocenters. The molecule has 1 aromatic carbocycles. The van der Waals surface area contributed by atoms with Crippen LogP contribution in [0.4, 0.5) is 21.6 Å². The first-order valence-electron chi connectivity index (χ1n) is 4.98. The van der Waals surface area contributed by atoms with Crippen molar-refractivity contribution in [2.24, 2.45) is 0 Å². The molecule has 0 radical (unpaired) electrons. The number of halogens is 2. The highest BCUT2D eigenvalue weighted by atomic mass is 35.5. The lowest BCUT2D eigenvalue weighted by Gasteiger charge is -2.08. The smallest absolute Gasteiger partial charge is 0.148 e. The van der Waals surface area contributed by atoms with Crippen molar-refractivity contribution in [1.82, 2.24) is 4.98 Å². The fraction of sp³-hybridized carbons (Fsp3) is 0. The van der Waals surface area contributed by atoms with Crippen LogP contribution in [0.3, 0.4) is 0 Å². The van der Waals surface area contributed by atoms with E-state index in [0.717, 1.165) is 0 Å². The summed E-state index contributed by atoms with van der Waals surface area (Å²) in [5.41, 5.74) is 6.76. The summed E-state index contributed by atoms with van der Waals surface area (Å²) in [6.07, 6.45) is 1.42. The quantitative estimate of drug-likeness (QED) is 0.872. The van der Waals surface area contributed by atoms with Crippen LogP contribution in [-0.4, -0.2) is 4.98 Å². The molecule has 0 aliphatic rings. The van der Waals surface area contributed by atoms with Crippen molar-refractivity contribution in [2.45, 2.75) is 0 Å². The molecule has 1 aromatic heterocycles. The summed E-state index contributed by atoms with van der Waals surface area (Å²) in [6, 6.07) is 7.61. The number of nitrogens with one attached hydrogen (secondary N) is 1. The summed E-state index contributed by atoms with van der Waals surface area (Å²) in [7, 11) is 0. The molecular formula is C12H8ClFN4. The van der Waals surface area contributed by atoms with Crippen LogP contribution >= 0.6 is 11.6 Å². The highest BCUT2D eigenvalue weighted by Crippen LogP contribution is 2.24. The van der Waals surface area contributed by atoms with Crippen LogP contribution in [0.25, 0.3) is 0 Å². The van der Waals surface area contributed by atoms with Gasteiger partial charge in [0.15, 0.2) is 0 Å². The van der Waals surface area contributed by atoms with Crippen LogP contribution in [0.1, 0.15) is 5.56 Å². The lowest BCUT2D eigenvalue weighted by atomic mass is 10.2. The maximum Gasteiger partial charge on any atom is 0.148 e. The Morgan fingerprint density at radius 1 is 1.39 bits per heavy atom. The maximum absolute atomic E-state index is 13.0. The predicted octanol–water partition coefficient (Wildman–Crippen LogP) is 3.07. The van der Waals surface area contributed by atoms with Crippen molar-refractivity contribution in [3.05, 3.63) is 46.9 Å². The standard InChI is InChI=1S/C12H8ClFN4/c13-10-4-9(1-2-11(10)14)18-12-7(5-15)3-8(16)6-17-12/h1-4,6H,16H2,(H,17,18). The van der Waals surface area contributed by atoms with E-state index in [-0.39, 0.29) is 5.02 Å². The zero-order chi connectivity index (χ0) is 13.1. The second kappa shape index (κ2) is 4.90. The first-order valence-corrected chi connectivity index (χ1v) is 5.35. The highest BCUT2D eigenvalue weighted by Gasteiger charge is 2.06. The molecule has 0 amide bonds. The van der Waals surface area contributed by atoms with E-state index in [4.69, 9.17) is 22.6 Å². The molecule has 0 aliphatic heterocycles. The third kappa shape index (κ3) is 2.50. The van der Waals surface area contributed by atoms with E-state index in [1.54, 1.807) is 0 Å². The number of nitriles is 1. The number of hydrogen-bond acceptors (Lipinski definition) is 4. The van der Waals surface area contributed by atoms with Crippen molar-refractivity contribution in [1.29, 1.82) is 5.26 Å². The molecule has 0 saturated heterocycles. The van der Waals surface area contributed by atoms with Gasteiger partial charge in [-0.3, -0.25) is 0 Å². The molecule has 3 N–H and O–H groups in total. The van der Waals surface area contributed by atoms with Crippen LogP contribution in [0.5, 0.6) is 0 Å². The van der Waals surface area contributed by atoms with Crippen LogP contribution in [-0.2, 0) is 0 Å². The van der Waals surface area contributed by atoms with Crippen molar-refractivity contribution < 1.29 is 4.39 Å². The summed E-state index contributed by atoms with van der Waals surface area (Å²) in [6.45, 7) is 0. The van der Waals surface area contributed by atoms with Gasteiger partial charge in [-0.05, 0) is 24.3 Å². The third-order valence-electron chi connectivity index (χ3n) is 2.21. The van der Waals surface area contributed by atoms with Gasteiger partial charge >= 0.3 is 0 Å². The molecule has 0 bridgehead atoms. The van der Waals surface area contributed by atoms with Gasteiger partial charge in [0, 0.05) is 5.69 Å². The Bertz CT molecular complexity index is 636. The minimum Gasteiger partial charge on any atom is -0.397 e. The summed E-state index contributed by atoms with van der Waals surface area (Å²) in [4.78, 5) is 4.00. The molecule has 18 heavy (non-hydrogen) atoms. The minimum atomic E-state index is -0.506. The number of rotatable bonds is 2. The number of nitrogen functional groups attached to an aromatic ring is 1. The second-order valence-electron chi connectivity index (χ2n) is 3.53. The van der Waals surface area contributed by atoms with E-state index < -0.39 is 5.82 Å². The van der Waals surface area contributed by atoms with Gasteiger partial charge in [0.1, 0.15) is 17.7 Å². The predicted molar refractivity (Wildman–Crippen MR) is 68.1 cm³/mol. The molecule has 90 valence electrons. The number of benzene rings is 1. The van der Waals surface area contributed by atoms with Crippen molar-refractivity contribution >= 4 is 28.8 Å². The maximum atomic E-state index is 13.0. The Hall–Kier alpha value is -2.32. The molecule has 1 heterocycles. The third-order valence-corrected chi connectivity index (χ3v) is 2.50. The van der Waals surface area contributed by atoms with Gasteiger partial charge in [0.05, 0.1) is 22.5 Å². The SMILES string of the molecule is N#Cc1cc(N)cnc1Nc1ccc(F)c(Cl)c1. The minimum absolute atomic E-state index is 0.00560. The second-order valence-corrected chi connectivity index (χ2v) is 3.94. The Labute approximate surface area is 108 Å². The monoisotopic (exact) mass is 262 g/mol. The number of pyridine rings is 1. The van der Waals surface area contributed by atoms with Crippen LogP contribution in [0.2, 0.25) is 5.02 Å². The van der Waals surface area contributed by atoms with Crippen molar-refractivity contribution in [3.63, 3.8) is 0 Å². The van der Waals surface area contributed by atoms with E-state index in [1.807, 2.05) is 6.07 Å². The van der Waals surface area contributed by atoms with Crippen LogP contribution < -0.4 is 11.1 Å². The zero-order valence-corrected chi connectivity index (χ0v) is 9.87. The van der Waals surface area contributed by atoms with Crippen LogP contribution in [0.15, 0.2) is 30.5 Å². The summed E-state index contributed by atoms with van der Waals surface area (Å²) in [5, 5.41) is 11.8. The molecule has 2 aromatic rings. The fourth-order valence-corrected chi connectivity index (χ4v) is 1.56. The molecule has 0 saturated carbocycles. The molecule has 0 fully saturated rings. The first-order chi connectivity index (χ1) is 8.60. The van der Waals surface area contributed by atoms with E-state index in [2.05, 4.69) is 10.3 Å². The van der Waals surface area contributed by atoms with Gasteiger partial charge < -0.3 is 11.1 Å². The van der Waals surface area contributed by atoms with E-state index in [0.29, 0.717) is 22.8 Å². The Morgan fingerprint density at radius 3 is 2.83 bits per heavy atom. The normalized spacial score (nSPS) is 9.83. The zero-order valence-electron chi connectivity index (χ0n) is 9.11. The Kier molecular flexibility index (Phi) is 3.31. The largest absolute Gasteiger partial charge is 0.397 e. The lowest BCUT2D eigenvalue weighted by molar-refractivity contribution is 0.628. The molecule has 6 heteroatoms. The number of hydrogen-bond donors (Lipinski definition) is 2. The molecule has 2 rings (SSSR count). The van der Waals surface area contributed by atoms with E-state index >= 15 is 0 Å². The summed E-state index contributed by atoms with van der Waals surface area (Å²) >= 11 is 5.66.